The Balaban J connectivity index is 1.75. The third-order valence-electron chi connectivity index (χ3n) is 5.62. The van der Waals surface area contributed by atoms with Crippen molar-refractivity contribution in [2.75, 3.05) is 5.32 Å². The van der Waals surface area contributed by atoms with Crippen molar-refractivity contribution in [1.29, 1.82) is 0 Å². The van der Waals surface area contributed by atoms with Crippen LogP contribution in [0.4, 0.5) is 5.69 Å². The number of benzene rings is 1. The normalized spacial score (nSPS) is 11.7. The summed E-state index contributed by atoms with van der Waals surface area (Å²) in [5.41, 5.74) is 2.70. The Morgan fingerprint density at radius 1 is 1.22 bits per heavy atom. The summed E-state index contributed by atoms with van der Waals surface area (Å²) in [5.74, 6) is 0.323. The van der Waals surface area contributed by atoms with Crippen LogP contribution in [-0.2, 0) is 24.3 Å². The van der Waals surface area contributed by atoms with Gasteiger partial charge in [0.05, 0.1) is 5.52 Å². The fourth-order valence-electron chi connectivity index (χ4n) is 3.84. The number of nitrogens with one attached hydrogen (secondary N) is 1. The van der Waals surface area contributed by atoms with E-state index in [0.29, 0.717) is 22.7 Å². The summed E-state index contributed by atoms with van der Waals surface area (Å²) < 4.78 is 4.63. The molecule has 0 aliphatic carbocycles. The van der Waals surface area contributed by atoms with Crippen molar-refractivity contribution in [3.63, 3.8) is 0 Å². The maximum Gasteiger partial charge on any atom is 0.352 e. The molecule has 32 heavy (non-hydrogen) atoms. The van der Waals surface area contributed by atoms with E-state index in [2.05, 4.69) is 24.3 Å². The van der Waals surface area contributed by atoms with Crippen molar-refractivity contribution in [3.05, 3.63) is 61.6 Å². The van der Waals surface area contributed by atoms with Gasteiger partial charge in [0.15, 0.2) is 0 Å². The molecule has 0 bridgehead atoms. The highest BCUT2D eigenvalue weighted by atomic mass is 32.1. The van der Waals surface area contributed by atoms with Gasteiger partial charge in [-0.25, -0.2) is 13.9 Å². The van der Waals surface area contributed by atoms with E-state index in [1.54, 1.807) is 16.0 Å². The van der Waals surface area contributed by atoms with Gasteiger partial charge in [0.2, 0.25) is 11.7 Å². The number of amides is 1. The van der Waals surface area contributed by atoms with Crippen molar-refractivity contribution in [3.8, 4) is 0 Å². The predicted octanol–water partition coefficient (Wildman–Crippen LogP) is 3.43. The number of para-hydroxylation sites is 1. The number of thiophene rings is 1. The molecule has 0 aliphatic rings. The maximum atomic E-state index is 13.2. The van der Waals surface area contributed by atoms with Crippen molar-refractivity contribution in [1.82, 2.24) is 18.7 Å². The number of nitrogens with zero attached hydrogens (tertiary/aromatic N) is 4. The van der Waals surface area contributed by atoms with Crippen LogP contribution in [-0.4, -0.2) is 24.7 Å². The molecule has 0 saturated carbocycles. The molecule has 4 aromatic rings. The molecular weight excluding hydrogens is 426 g/mol. The lowest BCUT2D eigenvalue weighted by molar-refractivity contribution is -0.117. The summed E-state index contributed by atoms with van der Waals surface area (Å²) in [4.78, 5) is 39.1. The zero-order valence-corrected chi connectivity index (χ0v) is 19.5. The summed E-state index contributed by atoms with van der Waals surface area (Å²) in [5, 5.41) is 9.13. The first kappa shape index (κ1) is 22.0. The monoisotopic (exact) mass is 453 g/mol. The number of fused-ring (bicyclic) bond motifs is 3. The highest BCUT2D eigenvalue weighted by Crippen LogP contribution is 2.21. The van der Waals surface area contributed by atoms with Gasteiger partial charge < -0.3 is 5.32 Å². The lowest BCUT2D eigenvalue weighted by Gasteiger charge is -2.12. The summed E-state index contributed by atoms with van der Waals surface area (Å²) >= 11 is 1.31. The average molecular weight is 454 g/mol. The molecule has 0 unspecified atom stereocenters. The van der Waals surface area contributed by atoms with Gasteiger partial charge in [-0.3, -0.25) is 14.2 Å². The zero-order chi connectivity index (χ0) is 23.0. The van der Waals surface area contributed by atoms with Crippen molar-refractivity contribution >= 4 is 38.9 Å². The topological polar surface area (TPSA) is 90.4 Å². The van der Waals surface area contributed by atoms with Crippen LogP contribution in [0.3, 0.4) is 0 Å². The second kappa shape index (κ2) is 8.74. The quantitative estimate of drug-likeness (QED) is 0.464. The van der Waals surface area contributed by atoms with Gasteiger partial charge >= 0.3 is 5.69 Å². The van der Waals surface area contributed by atoms with Gasteiger partial charge in [0.25, 0.3) is 5.56 Å². The molecule has 0 fully saturated rings. The number of anilines is 1. The van der Waals surface area contributed by atoms with Crippen LogP contribution in [0, 0.1) is 12.8 Å². The Bertz CT molecular complexity index is 1420. The Morgan fingerprint density at radius 2 is 2.00 bits per heavy atom. The SMILES string of the molecule is CCc1cccc(C)c1NC(=O)Cn1nc2n(CCC(C)C)c(=O)c3sccc3n2c1=O. The van der Waals surface area contributed by atoms with Crippen molar-refractivity contribution in [2.24, 2.45) is 5.92 Å². The van der Waals surface area contributed by atoms with Crippen LogP contribution in [0.1, 0.15) is 38.3 Å². The van der Waals surface area contributed by atoms with E-state index in [9.17, 15) is 14.4 Å². The molecule has 0 atom stereocenters. The third kappa shape index (κ3) is 3.88. The Morgan fingerprint density at radius 3 is 2.72 bits per heavy atom. The lowest BCUT2D eigenvalue weighted by atomic mass is 10.1. The predicted molar refractivity (Wildman–Crippen MR) is 128 cm³/mol. The van der Waals surface area contributed by atoms with Crippen LogP contribution in [0.15, 0.2) is 39.2 Å². The fourth-order valence-corrected chi connectivity index (χ4v) is 4.67. The van der Waals surface area contributed by atoms with E-state index < -0.39 is 5.69 Å². The third-order valence-corrected chi connectivity index (χ3v) is 6.51. The molecule has 0 saturated heterocycles. The number of aryl methyl sites for hydroxylation is 3. The van der Waals surface area contributed by atoms with E-state index in [0.717, 1.165) is 34.3 Å². The molecule has 168 valence electrons. The van der Waals surface area contributed by atoms with Crippen LogP contribution in [0.2, 0.25) is 0 Å². The lowest BCUT2D eigenvalue weighted by Crippen LogP contribution is -2.29. The minimum atomic E-state index is -0.433. The Kier molecular flexibility index (Phi) is 6.01. The summed E-state index contributed by atoms with van der Waals surface area (Å²) in [7, 11) is 0. The highest BCUT2D eigenvalue weighted by Gasteiger charge is 2.20. The first-order chi connectivity index (χ1) is 15.3. The van der Waals surface area contributed by atoms with Crippen LogP contribution >= 0.6 is 11.3 Å². The Hall–Kier alpha value is -3.20. The zero-order valence-electron chi connectivity index (χ0n) is 18.7. The molecule has 1 N–H and O–H groups in total. The number of rotatable bonds is 7. The van der Waals surface area contributed by atoms with E-state index in [4.69, 9.17) is 0 Å². The number of aromatic nitrogens is 4. The molecular formula is C23H27N5O3S. The minimum Gasteiger partial charge on any atom is -0.324 e. The second-order valence-electron chi connectivity index (χ2n) is 8.36. The van der Waals surface area contributed by atoms with E-state index in [1.165, 1.54) is 15.7 Å². The molecule has 1 aromatic carbocycles. The largest absolute Gasteiger partial charge is 0.352 e. The van der Waals surface area contributed by atoms with Gasteiger partial charge in [0.1, 0.15) is 11.2 Å². The van der Waals surface area contributed by atoms with Gasteiger partial charge in [-0.1, -0.05) is 39.0 Å². The van der Waals surface area contributed by atoms with E-state index in [-0.39, 0.29) is 23.8 Å². The Labute approximate surface area is 189 Å². The smallest absolute Gasteiger partial charge is 0.324 e. The number of carbonyl (C=O) groups is 1. The number of carbonyl (C=O) groups excluding carboxylic acids is 1. The van der Waals surface area contributed by atoms with Crippen LogP contribution < -0.4 is 16.6 Å². The van der Waals surface area contributed by atoms with Crippen molar-refractivity contribution in [2.45, 2.75) is 53.6 Å². The molecule has 0 spiro atoms. The highest BCUT2D eigenvalue weighted by molar-refractivity contribution is 7.17. The number of hydrogen-bond acceptors (Lipinski definition) is 5. The summed E-state index contributed by atoms with van der Waals surface area (Å²) in [6, 6.07) is 7.61. The van der Waals surface area contributed by atoms with Gasteiger partial charge in [-0.05, 0) is 48.3 Å². The van der Waals surface area contributed by atoms with Gasteiger partial charge in [-0.15, -0.1) is 16.4 Å². The maximum absolute atomic E-state index is 13.2. The van der Waals surface area contributed by atoms with Crippen LogP contribution in [0.25, 0.3) is 16.0 Å². The second-order valence-corrected chi connectivity index (χ2v) is 9.28. The molecule has 9 heteroatoms. The number of hydrogen-bond donors (Lipinski definition) is 1. The summed E-state index contributed by atoms with van der Waals surface area (Å²) in [6.07, 6.45) is 1.56. The van der Waals surface area contributed by atoms with Crippen molar-refractivity contribution < 1.29 is 4.79 Å². The minimum absolute atomic E-state index is 0.155. The van der Waals surface area contributed by atoms with Gasteiger partial charge in [0, 0.05) is 12.2 Å². The molecule has 3 heterocycles. The van der Waals surface area contributed by atoms with Gasteiger partial charge in [-0.2, -0.15) is 0 Å². The fraction of sp³-hybridized carbons (Fsp3) is 0.391. The molecule has 1 amide bonds. The molecule has 0 aliphatic heterocycles. The van der Waals surface area contributed by atoms with E-state index in [1.807, 2.05) is 32.0 Å². The van der Waals surface area contributed by atoms with Crippen LogP contribution in [0.5, 0.6) is 0 Å². The molecule has 4 rings (SSSR count). The van der Waals surface area contributed by atoms with E-state index >= 15 is 0 Å². The molecule has 8 nitrogen and oxygen atoms in total. The average Bonchev–Trinajstić information content (AvgIpc) is 3.34. The molecule has 3 aromatic heterocycles. The standard InChI is InChI=1S/C23H27N5O3S/c1-5-16-8-6-7-15(4)19(16)24-18(29)13-27-23(31)28-17-10-12-32-20(17)21(30)26(22(28)25-27)11-9-14(2)3/h6-8,10,12,14H,5,9,11,13H2,1-4H3,(H,24,29). The first-order valence-corrected chi connectivity index (χ1v) is 11.7. The first-order valence-electron chi connectivity index (χ1n) is 10.8. The molecule has 0 radical (unpaired) electrons. The summed E-state index contributed by atoms with van der Waals surface area (Å²) in [6.45, 7) is 8.35.